The lowest BCUT2D eigenvalue weighted by Gasteiger charge is -2.17. The molecule has 1 atom stereocenters. The van der Waals surface area contributed by atoms with Crippen LogP contribution in [0.4, 0.5) is 5.69 Å². The molecule has 2 aromatic rings. The Morgan fingerprint density at radius 1 is 1.24 bits per heavy atom. The highest BCUT2D eigenvalue weighted by molar-refractivity contribution is 5.98. The van der Waals surface area contributed by atoms with E-state index in [1.807, 2.05) is 38.1 Å². The summed E-state index contributed by atoms with van der Waals surface area (Å²) in [6.45, 7) is 3.98. The van der Waals surface area contributed by atoms with E-state index in [1.165, 1.54) is 7.11 Å². The van der Waals surface area contributed by atoms with E-state index < -0.39 is 0 Å². The summed E-state index contributed by atoms with van der Waals surface area (Å²) in [5.41, 5.74) is 8.96. The molecule has 21 heavy (non-hydrogen) atoms. The Hall–Kier alpha value is -2.49. The first-order chi connectivity index (χ1) is 10.0. The van der Waals surface area contributed by atoms with Crippen molar-refractivity contribution in [1.29, 1.82) is 0 Å². The summed E-state index contributed by atoms with van der Waals surface area (Å²) >= 11 is 0. The molecule has 0 heterocycles. The maximum atomic E-state index is 12.4. The molecule has 2 aromatic carbocycles. The predicted molar refractivity (Wildman–Crippen MR) is 84.5 cm³/mol. The van der Waals surface area contributed by atoms with Gasteiger partial charge in [-0.15, -0.1) is 0 Å². The topological polar surface area (TPSA) is 64.3 Å². The fourth-order valence-corrected chi connectivity index (χ4v) is 2.33. The summed E-state index contributed by atoms with van der Waals surface area (Å²) < 4.78 is 5.22. The molecule has 1 unspecified atom stereocenters. The molecule has 2 rings (SSSR count). The van der Waals surface area contributed by atoms with Crippen molar-refractivity contribution in [3.63, 3.8) is 0 Å². The lowest BCUT2D eigenvalue weighted by Crippen LogP contribution is -2.27. The normalized spacial score (nSPS) is 11.8. The van der Waals surface area contributed by atoms with Crippen LogP contribution in [-0.2, 0) is 0 Å². The molecule has 0 bridgehead atoms. The molecule has 0 spiro atoms. The molecule has 0 aromatic heterocycles. The Labute approximate surface area is 124 Å². The molecular formula is C17H20N2O2. The first-order valence-electron chi connectivity index (χ1n) is 6.83. The van der Waals surface area contributed by atoms with E-state index in [4.69, 9.17) is 10.5 Å². The highest BCUT2D eigenvalue weighted by atomic mass is 16.5. The van der Waals surface area contributed by atoms with E-state index in [-0.39, 0.29) is 11.9 Å². The Kier molecular flexibility index (Phi) is 4.48. The fraction of sp³-hybridized carbons (Fsp3) is 0.235. The predicted octanol–water partition coefficient (Wildman–Crippen LogP) is 3.08. The van der Waals surface area contributed by atoms with Gasteiger partial charge in [-0.05, 0) is 43.2 Å². The number of nitrogens with two attached hydrogens (primary N) is 1. The molecule has 4 nitrogen and oxygen atoms in total. The molecule has 4 heteroatoms. The zero-order chi connectivity index (χ0) is 15.4. The van der Waals surface area contributed by atoms with Gasteiger partial charge in [-0.2, -0.15) is 0 Å². The summed E-state index contributed by atoms with van der Waals surface area (Å²) in [6.07, 6.45) is 0. The van der Waals surface area contributed by atoms with Crippen molar-refractivity contribution in [2.24, 2.45) is 0 Å². The Morgan fingerprint density at radius 2 is 1.95 bits per heavy atom. The third kappa shape index (κ3) is 3.34. The van der Waals surface area contributed by atoms with E-state index in [0.29, 0.717) is 17.0 Å². The molecule has 0 aliphatic heterocycles. The molecule has 3 N–H and O–H groups in total. The van der Waals surface area contributed by atoms with E-state index in [9.17, 15) is 4.79 Å². The van der Waals surface area contributed by atoms with Gasteiger partial charge in [0.1, 0.15) is 5.75 Å². The second kappa shape index (κ2) is 6.31. The van der Waals surface area contributed by atoms with Gasteiger partial charge in [-0.1, -0.05) is 24.3 Å². The van der Waals surface area contributed by atoms with Crippen LogP contribution < -0.4 is 15.8 Å². The number of nitrogens with one attached hydrogen (secondary N) is 1. The number of anilines is 1. The van der Waals surface area contributed by atoms with Crippen molar-refractivity contribution >= 4 is 11.6 Å². The molecule has 110 valence electrons. The third-order valence-electron chi connectivity index (χ3n) is 3.47. The van der Waals surface area contributed by atoms with E-state index in [2.05, 4.69) is 5.32 Å². The first-order valence-corrected chi connectivity index (χ1v) is 6.83. The fourth-order valence-electron chi connectivity index (χ4n) is 2.33. The molecular weight excluding hydrogens is 264 g/mol. The van der Waals surface area contributed by atoms with Crippen LogP contribution in [0.1, 0.15) is 34.5 Å². The van der Waals surface area contributed by atoms with Gasteiger partial charge in [-0.3, -0.25) is 4.79 Å². The number of carbonyl (C=O) groups is 1. The zero-order valence-corrected chi connectivity index (χ0v) is 12.5. The van der Waals surface area contributed by atoms with Gasteiger partial charge in [-0.25, -0.2) is 0 Å². The number of benzene rings is 2. The average molecular weight is 284 g/mol. The van der Waals surface area contributed by atoms with Crippen LogP contribution in [0.15, 0.2) is 42.5 Å². The highest BCUT2D eigenvalue weighted by Crippen LogP contribution is 2.23. The molecule has 1 amide bonds. The lowest BCUT2D eigenvalue weighted by molar-refractivity contribution is 0.0937. The Morgan fingerprint density at radius 3 is 2.62 bits per heavy atom. The van der Waals surface area contributed by atoms with Gasteiger partial charge in [0.2, 0.25) is 0 Å². The van der Waals surface area contributed by atoms with Crippen LogP contribution >= 0.6 is 0 Å². The van der Waals surface area contributed by atoms with Crippen LogP contribution in [-0.4, -0.2) is 13.0 Å². The quantitative estimate of drug-likeness (QED) is 0.848. The lowest BCUT2D eigenvalue weighted by atomic mass is 10.0. The van der Waals surface area contributed by atoms with Crippen molar-refractivity contribution in [2.45, 2.75) is 19.9 Å². The maximum absolute atomic E-state index is 12.4. The number of amides is 1. The number of rotatable bonds is 4. The van der Waals surface area contributed by atoms with E-state index in [0.717, 1.165) is 11.1 Å². The van der Waals surface area contributed by atoms with Gasteiger partial charge in [0.25, 0.3) is 5.91 Å². The summed E-state index contributed by atoms with van der Waals surface area (Å²) in [5, 5.41) is 2.98. The Bertz CT molecular complexity index is 653. The van der Waals surface area contributed by atoms with Gasteiger partial charge >= 0.3 is 0 Å². The number of carbonyl (C=O) groups excluding carboxylic acids is 1. The molecule has 0 saturated carbocycles. The van der Waals surface area contributed by atoms with Crippen LogP contribution in [0, 0.1) is 6.92 Å². The zero-order valence-electron chi connectivity index (χ0n) is 12.5. The van der Waals surface area contributed by atoms with Gasteiger partial charge in [0.05, 0.1) is 18.7 Å². The third-order valence-corrected chi connectivity index (χ3v) is 3.47. The number of ether oxygens (including phenoxy) is 1. The minimum Gasteiger partial charge on any atom is -0.496 e. The number of aryl methyl sites for hydroxylation is 1. The number of hydrogen-bond donors (Lipinski definition) is 2. The monoisotopic (exact) mass is 284 g/mol. The molecule has 0 saturated heterocycles. The van der Waals surface area contributed by atoms with Crippen molar-refractivity contribution in [2.75, 3.05) is 12.8 Å². The van der Waals surface area contributed by atoms with Crippen LogP contribution in [0.5, 0.6) is 5.75 Å². The highest BCUT2D eigenvalue weighted by Gasteiger charge is 2.16. The van der Waals surface area contributed by atoms with E-state index >= 15 is 0 Å². The minimum absolute atomic E-state index is 0.0927. The first kappa shape index (κ1) is 14.9. The van der Waals surface area contributed by atoms with Gasteiger partial charge in [0, 0.05) is 5.69 Å². The number of hydrogen-bond acceptors (Lipinski definition) is 3. The molecule has 0 aliphatic rings. The average Bonchev–Trinajstić information content (AvgIpc) is 2.47. The van der Waals surface area contributed by atoms with Crippen LogP contribution in [0.2, 0.25) is 0 Å². The number of methoxy groups -OCH3 is 1. The molecule has 0 radical (unpaired) electrons. The van der Waals surface area contributed by atoms with Crippen LogP contribution in [0.3, 0.4) is 0 Å². The number of nitrogen functional groups attached to an aromatic ring is 1. The summed E-state index contributed by atoms with van der Waals surface area (Å²) in [5.74, 6) is 0.314. The van der Waals surface area contributed by atoms with Gasteiger partial charge < -0.3 is 15.8 Å². The second-order valence-electron chi connectivity index (χ2n) is 5.01. The summed E-state index contributed by atoms with van der Waals surface area (Å²) in [6, 6.07) is 12.9. The summed E-state index contributed by atoms with van der Waals surface area (Å²) in [4.78, 5) is 12.4. The Balaban J connectivity index is 2.22. The van der Waals surface area contributed by atoms with Gasteiger partial charge in [0.15, 0.2) is 0 Å². The maximum Gasteiger partial charge on any atom is 0.255 e. The smallest absolute Gasteiger partial charge is 0.255 e. The van der Waals surface area contributed by atoms with E-state index in [1.54, 1.807) is 18.2 Å². The minimum atomic E-state index is -0.199. The molecule has 0 aliphatic carbocycles. The van der Waals surface area contributed by atoms with Crippen molar-refractivity contribution in [3.05, 3.63) is 59.2 Å². The van der Waals surface area contributed by atoms with Crippen molar-refractivity contribution in [1.82, 2.24) is 5.32 Å². The van der Waals surface area contributed by atoms with Crippen molar-refractivity contribution < 1.29 is 9.53 Å². The summed E-state index contributed by atoms with van der Waals surface area (Å²) in [7, 11) is 1.53. The van der Waals surface area contributed by atoms with Crippen LogP contribution in [0.25, 0.3) is 0 Å². The van der Waals surface area contributed by atoms with Crippen molar-refractivity contribution in [3.8, 4) is 5.75 Å². The standard InChI is InChI=1S/C17H20N2O2/c1-11-6-4-5-7-14(11)12(2)19-17(20)15-10-13(18)8-9-16(15)21-3/h4-10,12H,18H2,1-3H3,(H,19,20). The molecule has 0 fully saturated rings. The second-order valence-corrected chi connectivity index (χ2v) is 5.01. The largest absolute Gasteiger partial charge is 0.496 e. The SMILES string of the molecule is COc1ccc(N)cc1C(=O)NC(C)c1ccccc1C.